The van der Waals surface area contributed by atoms with Crippen LogP contribution in [-0.4, -0.2) is 29.2 Å². The summed E-state index contributed by atoms with van der Waals surface area (Å²) in [6, 6.07) is 6.47. The largest absolute Gasteiger partial charge is 0.357 e. The first-order valence-corrected chi connectivity index (χ1v) is 8.46. The number of aromatic nitrogens is 2. The Morgan fingerprint density at radius 1 is 1.20 bits per heavy atom. The fraction of sp³-hybridized carbons (Fsp3) is 0.500. The van der Waals surface area contributed by atoms with Crippen LogP contribution in [0.1, 0.15) is 41.8 Å². The topological polar surface area (TPSA) is 75.3 Å². The number of nitrogens with one attached hydrogen (secondary N) is 2. The zero-order valence-electron chi connectivity index (χ0n) is 15.4. The van der Waals surface area contributed by atoms with Gasteiger partial charge in [0.05, 0.1) is 6.54 Å². The Kier molecular flexibility index (Phi) is 9.48. The summed E-state index contributed by atoms with van der Waals surface area (Å²) in [6.07, 6.45) is 1.68. The Morgan fingerprint density at radius 2 is 2.00 bits per heavy atom. The van der Waals surface area contributed by atoms with E-state index >= 15 is 0 Å². The van der Waals surface area contributed by atoms with Gasteiger partial charge in [-0.2, -0.15) is 4.98 Å². The summed E-state index contributed by atoms with van der Waals surface area (Å²) in [7, 11) is 0. The minimum Gasteiger partial charge on any atom is -0.357 e. The summed E-state index contributed by atoms with van der Waals surface area (Å²) in [6.45, 7) is 10.4. The van der Waals surface area contributed by atoms with Crippen LogP contribution in [0.4, 0.5) is 0 Å². The molecule has 0 amide bonds. The lowest BCUT2D eigenvalue weighted by molar-refractivity contribution is 0.372. The van der Waals surface area contributed by atoms with Gasteiger partial charge in [0.1, 0.15) is 0 Å². The lowest BCUT2D eigenvalue weighted by atomic mass is 10.1. The molecule has 1 aromatic heterocycles. The van der Waals surface area contributed by atoms with Crippen LogP contribution >= 0.6 is 24.0 Å². The van der Waals surface area contributed by atoms with Crippen molar-refractivity contribution in [2.45, 2.75) is 47.1 Å². The lowest BCUT2D eigenvalue weighted by Crippen LogP contribution is -2.37. The molecule has 0 fully saturated rings. The number of rotatable bonds is 7. The minimum atomic E-state index is 0. The normalized spacial score (nSPS) is 11.1. The number of benzene rings is 1. The van der Waals surface area contributed by atoms with Crippen LogP contribution in [0.2, 0.25) is 0 Å². The van der Waals surface area contributed by atoms with Crippen molar-refractivity contribution in [2.75, 3.05) is 13.1 Å². The van der Waals surface area contributed by atoms with Crippen LogP contribution in [0.15, 0.2) is 27.7 Å². The SMILES string of the molecule is CCNC(=NCc1ccc(C)cc1C)NCCCc1nc(C)no1.I. The molecule has 0 unspecified atom stereocenters. The van der Waals surface area contributed by atoms with Crippen LogP contribution in [0.5, 0.6) is 0 Å². The second-order valence-corrected chi connectivity index (χ2v) is 5.89. The molecular weight excluding hydrogens is 429 g/mol. The van der Waals surface area contributed by atoms with Gasteiger partial charge in [-0.3, -0.25) is 0 Å². The van der Waals surface area contributed by atoms with E-state index in [1.807, 2.05) is 6.92 Å². The maximum Gasteiger partial charge on any atom is 0.226 e. The second kappa shape index (κ2) is 11.1. The van der Waals surface area contributed by atoms with Crippen LogP contribution in [0.25, 0.3) is 0 Å². The van der Waals surface area contributed by atoms with Gasteiger partial charge in [-0.05, 0) is 45.2 Å². The van der Waals surface area contributed by atoms with Crippen LogP contribution in [-0.2, 0) is 13.0 Å². The molecular formula is C18H28IN5O. The smallest absolute Gasteiger partial charge is 0.226 e. The summed E-state index contributed by atoms with van der Waals surface area (Å²) < 4.78 is 5.11. The first kappa shape index (κ1) is 21.4. The average Bonchev–Trinajstić information content (AvgIpc) is 2.96. The number of hydrogen-bond acceptors (Lipinski definition) is 4. The molecule has 1 heterocycles. The molecule has 2 aromatic rings. The molecule has 2 rings (SSSR count). The molecule has 0 spiro atoms. The van der Waals surface area contributed by atoms with E-state index < -0.39 is 0 Å². The highest BCUT2D eigenvalue weighted by atomic mass is 127. The maximum atomic E-state index is 5.11. The summed E-state index contributed by atoms with van der Waals surface area (Å²) in [5.74, 6) is 2.20. The van der Waals surface area contributed by atoms with E-state index in [1.54, 1.807) is 0 Å². The first-order valence-electron chi connectivity index (χ1n) is 8.46. The van der Waals surface area contributed by atoms with Gasteiger partial charge in [-0.25, -0.2) is 4.99 Å². The third-order valence-electron chi connectivity index (χ3n) is 3.68. The molecule has 0 saturated carbocycles. The fourth-order valence-electron chi connectivity index (χ4n) is 2.42. The molecule has 1 aromatic carbocycles. The highest BCUT2D eigenvalue weighted by molar-refractivity contribution is 14.0. The highest BCUT2D eigenvalue weighted by Crippen LogP contribution is 2.11. The van der Waals surface area contributed by atoms with Gasteiger partial charge >= 0.3 is 0 Å². The molecule has 0 aliphatic heterocycles. The maximum absolute atomic E-state index is 5.11. The van der Waals surface area contributed by atoms with Gasteiger partial charge in [0.15, 0.2) is 11.8 Å². The van der Waals surface area contributed by atoms with Crippen LogP contribution in [0, 0.1) is 20.8 Å². The molecule has 6 nitrogen and oxygen atoms in total. The molecule has 0 aliphatic rings. The number of hydrogen-bond donors (Lipinski definition) is 2. The zero-order valence-corrected chi connectivity index (χ0v) is 17.8. The second-order valence-electron chi connectivity index (χ2n) is 5.89. The van der Waals surface area contributed by atoms with Crippen molar-refractivity contribution in [1.29, 1.82) is 0 Å². The third-order valence-corrected chi connectivity index (χ3v) is 3.68. The van der Waals surface area contributed by atoms with Crippen molar-refractivity contribution in [3.05, 3.63) is 46.6 Å². The monoisotopic (exact) mass is 457 g/mol. The minimum absolute atomic E-state index is 0. The molecule has 7 heteroatoms. The molecule has 138 valence electrons. The summed E-state index contributed by atoms with van der Waals surface area (Å²) in [5, 5.41) is 10.4. The Bertz CT molecular complexity index is 684. The Balaban J connectivity index is 0.00000312. The predicted octanol–water partition coefficient (Wildman–Crippen LogP) is 3.30. The van der Waals surface area contributed by atoms with E-state index in [4.69, 9.17) is 4.52 Å². The van der Waals surface area contributed by atoms with Gasteiger partial charge in [-0.15, -0.1) is 24.0 Å². The van der Waals surface area contributed by atoms with Crippen molar-refractivity contribution < 1.29 is 4.52 Å². The van der Waals surface area contributed by atoms with Crippen LogP contribution in [0.3, 0.4) is 0 Å². The van der Waals surface area contributed by atoms with Gasteiger partial charge in [0, 0.05) is 19.5 Å². The Morgan fingerprint density at radius 3 is 2.64 bits per heavy atom. The van der Waals surface area contributed by atoms with Gasteiger partial charge < -0.3 is 15.2 Å². The van der Waals surface area contributed by atoms with Gasteiger partial charge in [0.25, 0.3) is 0 Å². The lowest BCUT2D eigenvalue weighted by Gasteiger charge is -2.11. The number of nitrogens with zero attached hydrogens (tertiary/aromatic N) is 3. The number of guanidine groups is 1. The van der Waals surface area contributed by atoms with Crippen molar-refractivity contribution in [3.63, 3.8) is 0 Å². The van der Waals surface area contributed by atoms with E-state index in [-0.39, 0.29) is 24.0 Å². The molecule has 0 atom stereocenters. The first-order chi connectivity index (χ1) is 11.6. The highest BCUT2D eigenvalue weighted by Gasteiger charge is 2.03. The van der Waals surface area contributed by atoms with Crippen molar-refractivity contribution in [1.82, 2.24) is 20.8 Å². The molecule has 0 radical (unpaired) electrons. The summed E-state index contributed by atoms with van der Waals surface area (Å²) in [4.78, 5) is 8.87. The number of aliphatic imine (C=N–C) groups is 1. The predicted molar refractivity (Wildman–Crippen MR) is 112 cm³/mol. The van der Waals surface area contributed by atoms with Crippen molar-refractivity contribution >= 4 is 29.9 Å². The molecule has 0 saturated heterocycles. The standard InChI is InChI=1S/C18H27N5O.HI/c1-5-19-18(20-10-6-7-17-22-15(4)23-24-17)21-12-16-9-8-13(2)11-14(16)3;/h8-9,11H,5-7,10,12H2,1-4H3,(H2,19,20,21);1H. The molecule has 0 aliphatic carbocycles. The average molecular weight is 457 g/mol. The third kappa shape index (κ3) is 7.41. The summed E-state index contributed by atoms with van der Waals surface area (Å²) >= 11 is 0. The summed E-state index contributed by atoms with van der Waals surface area (Å²) in [5.41, 5.74) is 3.81. The Labute approximate surface area is 166 Å². The van der Waals surface area contributed by atoms with E-state index in [0.29, 0.717) is 18.3 Å². The van der Waals surface area contributed by atoms with E-state index in [9.17, 15) is 0 Å². The fourth-order valence-corrected chi connectivity index (χ4v) is 2.42. The van der Waals surface area contributed by atoms with Crippen LogP contribution < -0.4 is 10.6 Å². The van der Waals surface area contributed by atoms with Crippen molar-refractivity contribution in [3.8, 4) is 0 Å². The number of aryl methyl sites for hydroxylation is 4. The van der Waals surface area contributed by atoms with Gasteiger partial charge in [-0.1, -0.05) is 28.9 Å². The van der Waals surface area contributed by atoms with E-state index in [2.05, 4.69) is 64.7 Å². The van der Waals surface area contributed by atoms with Gasteiger partial charge in [0.2, 0.25) is 5.89 Å². The molecule has 25 heavy (non-hydrogen) atoms. The Hall–Kier alpha value is -1.64. The quantitative estimate of drug-likeness (QED) is 0.289. The van der Waals surface area contributed by atoms with E-state index in [0.717, 1.165) is 31.9 Å². The molecule has 0 bridgehead atoms. The van der Waals surface area contributed by atoms with Crippen molar-refractivity contribution in [2.24, 2.45) is 4.99 Å². The van der Waals surface area contributed by atoms with E-state index in [1.165, 1.54) is 16.7 Å². The molecule has 2 N–H and O–H groups in total. The number of halogens is 1. The zero-order chi connectivity index (χ0) is 17.4.